The SMILES string of the molecule is CCC1COCCN1c1cc(C2(S(=O)(=O)C3CC3)CC2)cc(Cl)n1. The Balaban J connectivity index is 1.72. The van der Waals surface area contributed by atoms with Crippen LogP contribution in [0.5, 0.6) is 0 Å². The Morgan fingerprint density at radius 2 is 2.12 bits per heavy atom. The maximum atomic E-state index is 12.9. The van der Waals surface area contributed by atoms with E-state index >= 15 is 0 Å². The van der Waals surface area contributed by atoms with Crippen LogP contribution in [0, 0.1) is 0 Å². The zero-order valence-corrected chi connectivity index (χ0v) is 15.4. The normalized spacial score (nSPS) is 26.4. The topological polar surface area (TPSA) is 59.5 Å². The first-order valence-corrected chi connectivity index (χ1v) is 10.7. The summed E-state index contributed by atoms with van der Waals surface area (Å²) in [5.74, 6) is 0.782. The van der Waals surface area contributed by atoms with E-state index < -0.39 is 14.6 Å². The van der Waals surface area contributed by atoms with Gasteiger partial charge in [0.2, 0.25) is 0 Å². The molecule has 5 nitrogen and oxygen atoms in total. The van der Waals surface area contributed by atoms with Crippen molar-refractivity contribution in [2.75, 3.05) is 24.7 Å². The van der Waals surface area contributed by atoms with E-state index in [0.29, 0.717) is 31.2 Å². The van der Waals surface area contributed by atoms with Gasteiger partial charge in [-0.1, -0.05) is 18.5 Å². The number of hydrogen-bond acceptors (Lipinski definition) is 5. The lowest BCUT2D eigenvalue weighted by atomic mass is 10.1. The van der Waals surface area contributed by atoms with Gasteiger partial charge < -0.3 is 9.64 Å². The van der Waals surface area contributed by atoms with E-state index in [9.17, 15) is 8.42 Å². The van der Waals surface area contributed by atoms with E-state index in [1.54, 1.807) is 6.07 Å². The molecule has 132 valence electrons. The van der Waals surface area contributed by atoms with Gasteiger partial charge in [-0.25, -0.2) is 13.4 Å². The molecule has 0 N–H and O–H groups in total. The summed E-state index contributed by atoms with van der Waals surface area (Å²) in [7, 11) is -3.12. The molecule has 0 aromatic carbocycles. The minimum atomic E-state index is -3.12. The molecule has 1 aromatic heterocycles. The number of morpholine rings is 1. The molecule has 1 saturated heterocycles. The summed E-state index contributed by atoms with van der Waals surface area (Å²) in [6, 6.07) is 3.96. The standard InChI is InChI=1S/C17H23ClN2O3S/c1-2-13-11-23-8-7-20(13)16-10-12(9-15(18)19-16)17(5-6-17)24(21,22)14-3-4-14/h9-10,13-14H,2-8,11H2,1H3. The summed E-state index contributed by atoms with van der Waals surface area (Å²) in [4.78, 5) is 6.69. The third-order valence-electron chi connectivity index (χ3n) is 5.51. The van der Waals surface area contributed by atoms with Crippen LogP contribution in [0.2, 0.25) is 5.15 Å². The fraction of sp³-hybridized carbons (Fsp3) is 0.706. The van der Waals surface area contributed by atoms with E-state index in [2.05, 4.69) is 16.8 Å². The average molecular weight is 371 g/mol. The number of hydrogen-bond donors (Lipinski definition) is 0. The third kappa shape index (κ3) is 2.63. The van der Waals surface area contributed by atoms with Crippen LogP contribution in [-0.4, -0.2) is 44.5 Å². The maximum Gasteiger partial charge on any atom is 0.163 e. The Kier molecular flexibility index (Phi) is 4.05. The van der Waals surface area contributed by atoms with Crippen molar-refractivity contribution in [2.45, 2.75) is 55.1 Å². The van der Waals surface area contributed by atoms with Gasteiger partial charge in [0.05, 0.1) is 29.3 Å². The number of aromatic nitrogens is 1. The highest BCUT2D eigenvalue weighted by molar-refractivity contribution is 7.93. The molecule has 3 fully saturated rings. The quantitative estimate of drug-likeness (QED) is 0.746. The van der Waals surface area contributed by atoms with Gasteiger partial charge in [-0.3, -0.25) is 0 Å². The van der Waals surface area contributed by atoms with Gasteiger partial charge in [-0.05, 0) is 49.8 Å². The lowest BCUT2D eigenvalue weighted by Crippen LogP contribution is -2.45. The van der Waals surface area contributed by atoms with E-state index in [-0.39, 0.29) is 11.3 Å². The summed E-state index contributed by atoms with van der Waals surface area (Å²) < 4.78 is 30.6. The van der Waals surface area contributed by atoms with Gasteiger partial charge in [-0.15, -0.1) is 0 Å². The van der Waals surface area contributed by atoms with Crippen LogP contribution in [0.25, 0.3) is 0 Å². The summed E-state index contributed by atoms with van der Waals surface area (Å²) in [5.41, 5.74) is 0.825. The third-order valence-corrected chi connectivity index (χ3v) is 8.79. The van der Waals surface area contributed by atoms with Gasteiger partial charge in [0.25, 0.3) is 0 Å². The number of anilines is 1. The average Bonchev–Trinajstić information content (AvgIpc) is 3.46. The molecule has 1 aromatic rings. The lowest BCUT2D eigenvalue weighted by Gasteiger charge is -2.36. The Hall–Kier alpha value is -0.850. The molecule has 3 aliphatic rings. The van der Waals surface area contributed by atoms with Crippen molar-refractivity contribution < 1.29 is 13.2 Å². The molecule has 7 heteroatoms. The largest absolute Gasteiger partial charge is 0.377 e. The lowest BCUT2D eigenvalue weighted by molar-refractivity contribution is 0.0925. The van der Waals surface area contributed by atoms with Crippen molar-refractivity contribution in [1.82, 2.24) is 4.98 Å². The van der Waals surface area contributed by atoms with Gasteiger partial charge >= 0.3 is 0 Å². The van der Waals surface area contributed by atoms with Crippen LogP contribution in [0.4, 0.5) is 5.82 Å². The Bertz CT molecular complexity index is 744. The molecular formula is C17H23ClN2O3S. The zero-order chi connectivity index (χ0) is 16.9. The second-order valence-electron chi connectivity index (χ2n) is 7.11. The molecule has 2 aliphatic carbocycles. The fourth-order valence-corrected chi connectivity index (χ4v) is 6.45. The first-order chi connectivity index (χ1) is 11.5. The number of sulfone groups is 1. The van der Waals surface area contributed by atoms with Crippen molar-refractivity contribution in [3.8, 4) is 0 Å². The van der Waals surface area contributed by atoms with Crippen LogP contribution < -0.4 is 4.90 Å². The number of nitrogens with zero attached hydrogens (tertiary/aromatic N) is 2. The predicted octanol–water partition coefficient (Wildman–Crippen LogP) is 2.92. The molecular weight excluding hydrogens is 348 g/mol. The molecule has 2 heterocycles. The second kappa shape index (κ2) is 5.85. The Morgan fingerprint density at radius 1 is 1.38 bits per heavy atom. The van der Waals surface area contributed by atoms with E-state index in [1.165, 1.54) is 0 Å². The van der Waals surface area contributed by atoms with Crippen molar-refractivity contribution >= 4 is 27.3 Å². The molecule has 0 bridgehead atoms. The molecule has 4 rings (SSSR count). The smallest absolute Gasteiger partial charge is 0.163 e. The highest BCUT2D eigenvalue weighted by atomic mass is 35.5. The van der Waals surface area contributed by atoms with Gasteiger partial charge in [0.15, 0.2) is 9.84 Å². The summed E-state index contributed by atoms with van der Waals surface area (Å²) in [6.07, 6.45) is 3.96. The molecule has 2 saturated carbocycles. The van der Waals surface area contributed by atoms with Crippen LogP contribution in [0.3, 0.4) is 0 Å². The molecule has 0 radical (unpaired) electrons. The van der Waals surface area contributed by atoms with E-state index in [0.717, 1.165) is 37.2 Å². The number of pyridine rings is 1. The maximum absolute atomic E-state index is 12.9. The summed E-state index contributed by atoms with van der Waals surface area (Å²) >= 11 is 6.28. The monoisotopic (exact) mass is 370 g/mol. The molecule has 0 amide bonds. The molecule has 1 unspecified atom stereocenters. The second-order valence-corrected chi connectivity index (χ2v) is 10.0. The molecule has 1 aliphatic heterocycles. The highest BCUT2D eigenvalue weighted by Gasteiger charge is 2.60. The van der Waals surface area contributed by atoms with E-state index in [4.69, 9.17) is 16.3 Å². The van der Waals surface area contributed by atoms with Gasteiger partial charge in [0.1, 0.15) is 11.0 Å². The Morgan fingerprint density at radius 3 is 2.75 bits per heavy atom. The van der Waals surface area contributed by atoms with Gasteiger partial charge in [-0.2, -0.15) is 0 Å². The van der Waals surface area contributed by atoms with Crippen molar-refractivity contribution in [2.24, 2.45) is 0 Å². The molecule has 1 atom stereocenters. The summed E-state index contributed by atoms with van der Waals surface area (Å²) in [6.45, 7) is 4.21. The van der Waals surface area contributed by atoms with Crippen molar-refractivity contribution in [3.05, 3.63) is 22.8 Å². The van der Waals surface area contributed by atoms with Gasteiger partial charge in [0, 0.05) is 6.54 Å². The number of rotatable bonds is 5. The molecule has 0 spiro atoms. The minimum absolute atomic E-state index is 0.151. The first kappa shape index (κ1) is 16.6. The summed E-state index contributed by atoms with van der Waals surface area (Å²) in [5, 5.41) is 0.225. The van der Waals surface area contributed by atoms with E-state index in [1.807, 2.05) is 6.07 Å². The fourth-order valence-electron chi connectivity index (χ4n) is 3.74. The molecule has 24 heavy (non-hydrogen) atoms. The zero-order valence-electron chi connectivity index (χ0n) is 13.9. The van der Waals surface area contributed by atoms with Crippen molar-refractivity contribution in [1.29, 1.82) is 0 Å². The van der Waals surface area contributed by atoms with Crippen LogP contribution in [0.15, 0.2) is 12.1 Å². The Labute approximate surface area is 148 Å². The first-order valence-electron chi connectivity index (χ1n) is 8.74. The van der Waals surface area contributed by atoms with Crippen molar-refractivity contribution in [3.63, 3.8) is 0 Å². The predicted molar refractivity (Wildman–Crippen MR) is 94.3 cm³/mol. The van der Waals surface area contributed by atoms with Crippen LogP contribution in [-0.2, 0) is 19.3 Å². The minimum Gasteiger partial charge on any atom is -0.377 e. The van der Waals surface area contributed by atoms with Crippen LogP contribution in [0.1, 0.15) is 44.6 Å². The highest BCUT2D eigenvalue weighted by Crippen LogP contribution is 2.57. The van der Waals surface area contributed by atoms with Crippen LogP contribution >= 0.6 is 11.6 Å². The number of halogens is 1. The number of ether oxygens (including phenoxy) is 1.